The van der Waals surface area contributed by atoms with Gasteiger partial charge in [-0.05, 0) is 36.6 Å². The zero-order valence-corrected chi connectivity index (χ0v) is 12.5. The molecule has 0 fully saturated rings. The van der Waals surface area contributed by atoms with E-state index in [0.717, 1.165) is 5.56 Å². The fourth-order valence-corrected chi connectivity index (χ4v) is 2.39. The average molecular weight is 342 g/mol. The summed E-state index contributed by atoms with van der Waals surface area (Å²) in [6, 6.07) is 4.11. The van der Waals surface area contributed by atoms with E-state index in [-0.39, 0.29) is 17.2 Å². The number of alkyl halides is 2. The van der Waals surface area contributed by atoms with Crippen LogP contribution in [0.4, 0.5) is 18.9 Å². The van der Waals surface area contributed by atoms with Crippen molar-refractivity contribution in [3.8, 4) is 11.6 Å². The van der Waals surface area contributed by atoms with Crippen molar-refractivity contribution in [3.63, 3.8) is 0 Å². The number of hydrogen-bond donors (Lipinski definition) is 1. The highest BCUT2D eigenvalue weighted by atomic mass is 19.3. The minimum atomic E-state index is -3.11. The van der Waals surface area contributed by atoms with Crippen molar-refractivity contribution in [1.29, 1.82) is 0 Å². The smallest absolute Gasteiger partial charge is 0.388 e. The first-order valence-electron chi connectivity index (χ1n) is 7.11. The Morgan fingerprint density at radius 2 is 2.25 bits per heavy atom. The Morgan fingerprint density at radius 1 is 1.46 bits per heavy atom. The number of fused-ring (bicyclic) bond motifs is 1. The number of rotatable bonds is 4. The number of aromatic nitrogens is 1. The molecule has 0 aliphatic carbocycles. The van der Waals surface area contributed by atoms with Crippen LogP contribution in [0.2, 0.25) is 0 Å². The topological polar surface area (TPSA) is 73.6 Å². The Hall–Kier alpha value is -2.71. The molecule has 1 aromatic carbocycles. The van der Waals surface area contributed by atoms with Crippen LogP contribution in [0, 0.1) is 12.7 Å². The van der Waals surface area contributed by atoms with E-state index in [1.165, 1.54) is 19.1 Å². The zero-order valence-electron chi connectivity index (χ0n) is 12.5. The van der Waals surface area contributed by atoms with Crippen LogP contribution in [0.5, 0.6) is 11.6 Å². The lowest BCUT2D eigenvalue weighted by Gasteiger charge is -2.25. The van der Waals surface area contributed by atoms with Gasteiger partial charge in [-0.15, -0.1) is 0 Å². The molecule has 2 aromatic rings. The third-order valence-corrected chi connectivity index (χ3v) is 3.55. The molecule has 1 atom stereocenters. The van der Waals surface area contributed by atoms with Crippen molar-refractivity contribution in [2.24, 2.45) is 0 Å². The normalized spacial score (nSPS) is 16.5. The number of carbonyl (C=O) groups is 1. The first-order valence-corrected chi connectivity index (χ1v) is 7.11. The summed E-state index contributed by atoms with van der Waals surface area (Å²) in [6.07, 6.45) is -0.00991. The molecule has 3 rings (SSSR count). The van der Waals surface area contributed by atoms with E-state index in [0.29, 0.717) is 12.8 Å². The molecule has 9 heteroatoms. The summed E-state index contributed by atoms with van der Waals surface area (Å²) in [5.74, 6) is -1.18. The van der Waals surface area contributed by atoms with Crippen LogP contribution in [0.25, 0.3) is 0 Å². The lowest BCUT2D eigenvalue weighted by Crippen LogP contribution is -2.36. The molecule has 2 heterocycles. The van der Waals surface area contributed by atoms with Crippen LogP contribution in [0.1, 0.15) is 17.7 Å². The molecule has 0 unspecified atom stereocenters. The molecule has 1 aliphatic rings. The molecule has 1 amide bonds. The number of nitrogens with one attached hydrogen (secondary N) is 1. The monoisotopic (exact) mass is 342 g/mol. The lowest BCUT2D eigenvalue weighted by atomic mass is 10.0. The number of aryl methyl sites for hydroxylation is 2. The van der Waals surface area contributed by atoms with E-state index in [1.807, 2.05) is 0 Å². The molecule has 24 heavy (non-hydrogen) atoms. The summed E-state index contributed by atoms with van der Waals surface area (Å²) in [5, 5.41) is 5.73. The van der Waals surface area contributed by atoms with Gasteiger partial charge in [0.1, 0.15) is 17.3 Å². The summed E-state index contributed by atoms with van der Waals surface area (Å²) in [5.41, 5.74) is 0.706. The van der Waals surface area contributed by atoms with Gasteiger partial charge in [0.25, 0.3) is 11.8 Å². The number of hydrogen-bond acceptors (Lipinski definition) is 5. The Kier molecular flexibility index (Phi) is 4.32. The van der Waals surface area contributed by atoms with Crippen LogP contribution < -0.4 is 14.8 Å². The molecule has 1 N–H and O–H groups in total. The summed E-state index contributed by atoms with van der Waals surface area (Å²) in [7, 11) is 0. The Morgan fingerprint density at radius 3 is 3.00 bits per heavy atom. The van der Waals surface area contributed by atoms with Crippen LogP contribution in [-0.4, -0.2) is 23.8 Å². The van der Waals surface area contributed by atoms with Gasteiger partial charge in [0.05, 0.1) is 0 Å². The fraction of sp³-hybridized carbons (Fsp3) is 0.333. The number of nitrogens with zero attached hydrogens (tertiary/aromatic N) is 1. The van der Waals surface area contributed by atoms with Gasteiger partial charge in [-0.1, -0.05) is 6.07 Å². The molecule has 0 bridgehead atoms. The van der Waals surface area contributed by atoms with Gasteiger partial charge in [-0.2, -0.15) is 8.78 Å². The highest BCUT2D eigenvalue weighted by Crippen LogP contribution is 2.31. The van der Waals surface area contributed by atoms with Gasteiger partial charge in [0.15, 0.2) is 11.9 Å². The van der Waals surface area contributed by atoms with Crippen LogP contribution in [-0.2, 0) is 11.2 Å². The summed E-state index contributed by atoms with van der Waals surface area (Å²) < 4.78 is 52.3. The molecule has 0 spiro atoms. The van der Waals surface area contributed by atoms with Crippen molar-refractivity contribution in [3.05, 3.63) is 35.3 Å². The predicted molar refractivity (Wildman–Crippen MR) is 75.6 cm³/mol. The number of carbonyl (C=O) groups excluding carboxylic acids is 1. The second kappa shape index (κ2) is 6.42. The quantitative estimate of drug-likeness (QED) is 0.924. The molecule has 1 aliphatic heterocycles. The van der Waals surface area contributed by atoms with E-state index in [2.05, 4.69) is 15.2 Å². The van der Waals surface area contributed by atoms with Crippen molar-refractivity contribution in [1.82, 2.24) is 5.16 Å². The highest BCUT2D eigenvalue weighted by molar-refractivity contribution is 5.96. The van der Waals surface area contributed by atoms with Gasteiger partial charge in [-0.3, -0.25) is 4.79 Å². The second-order valence-corrected chi connectivity index (χ2v) is 5.18. The van der Waals surface area contributed by atoms with Crippen LogP contribution >= 0.6 is 0 Å². The van der Waals surface area contributed by atoms with E-state index < -0.39 is 30.3 Å². The summed E-state index contributed by atoms with van der Waals surface area (Å²) in [6.45, 7) is -1.67. The Labute approximate surface area is 134 Å². The van der Waals surface area contributed by atoms with E-state index in [1.54, 1.807) is 6.07 Å². The molecule has 0 radical (unpaired) electrons. The van der Waals surface area contributed by atoms with Crippen molar-refractivity contribution >= 4 is 11.6 Å². The molecule has 0 saturated heterocycles. The predicted octanol–water partition coefficient (Wildman–Crippen LogP) is 3.06. The Balaban J connectivity index is 1.73. The van der Waals surface area contributed by atoms with Crippen LogP contribution in [0.15, 0.2) is 22.7 Å². The third-order valence-electron chi connectivity index (χ3n) is 3.55. The first-order chi connectivity index (χ1) is 11.4. The molecular weight excluding hydrogens is 329 g/mol. The molecular formula is C15H13F3N2O4. The highest BCUT2D eigenvalue weighted by Gasteiger charge is 2.29. The van der Waals surface area contributed by atoms with Crippen LogP contribution in [0.3, 0.4) is 0 Å². The maximum atomic E-state index is 13.3. The third kappa shape index (κ3) is 3.29. The number of anilines is 1. The van der Waals surface area contributed by atoms with E-state index in [9.17, 15) is 18.0 Å². The first kappa shape index (κ1) is 16.2. The minimum Gasteiger partial charge on any atom is -0.480 e. The average Bonchev–Trinajstić information content (AvgIpc) is 2.86. The Bertz CT molecular complexity index is 763. The maximum Gasteiger partial charge on any atom is 0.388 e. The summed E-state index contributed by atoms with van der Waals surface area (Å²) >= 11 is 0. The SMILES string of the molecule is Cc1onc(OC(F)F)c1NC(=O)[C@@H]1CCc2ccc(F)cc2O1. The zero-order chi connectivity index (χ0) is 17.3. The number of benzene rings is 1. The van der Waals surface area contributed by atoms with E-state index >= 15 is 0 Å². The minimum absolute atomic E-state index is 0.0889. The van der Waals surface area contributed by atoms with Crippen molar-refractivity contribution in [2.75, 3.05) is 5.32 Å². The van der Waals surface area contributed by atoms with E-state index in [4.69, 9.17) is 9.26 Å². The number of ether oxygens (including phenoxy) is 2. The largest absolute Gasteiger partial charge is 0.480 e. The maximum absolute atomic E-state index is 13.3. The molecule has 128 valence electrons. The number of halogens is 3. The standard InChI is InChI=1S/C15H13F3N2O4/c1-7-12(14(20-24-7)23-15(17)18)19-13(21)10-5-3-8-2-4-9(16)6-11(8)22-10/h2,4,6,10,15H,3,5H2,1H3,(H,19,21)/t10-/m0/s1. The lowest BCUT2D eigenvalue weighted by molar-refractivity contribution is -0.123. The van der Waals surface area contributed by atoms with Crippen molar-refractivity contribution < 1.29 is 32.0 Å². The number of amides is 1. The molecule has 0 saturated carbocycles. The fourth-order valence-electron chi connectivity index (χ4n) is 2.39. The van der Waals surface area contributed by atoms with Gasteiger partial charge < -0.3 is 19.3 Å². The van der Waals surface area contributed by atoms with Crippen molar-refractivity contribution in [2.45, 2.75) is 32.5 Å². The second-order valence-electron chi connectivity index (χ2n) is 5.18. The summed E-state index contributed by atoms with van der Waals surface area (Å²) in [4.78, 5) is 12.3. The molecule has 1 aromatic heterocycles. The van der Waals surface area contributed by atoms with Gasteiger partial charge in [-0.25, -0.2) is 4.39 Å². The van der Waals surface area contributed by atoms with Gasteiger partial charge >= 0.3 is 6.61 Å². The molecule has 6 nitrogen and oxygen atoms in total. The van der Waals surface area contributed by atoms with Gasteiger partial charge in [0, 0.05) is 6.07 Å². The van der Waals surface area contributed by atoms with Gasteiger partial charge in [0.2, 0.25) is 0 Å².